The van der Waals surface area contributed by atoms with Gasteiger partial charge < -0.3 is 29.2 Å². The van der Waals surface area contributed by atoms with Crippen molar-refractivity contribution in [3.63, 3.8) is 0 Å². The highest BCUT2D eigenvalue weighted by Crippen LogP contribution is 2.25. The molecule has 8 aromatic rings. The zero-order valence-corrected chi connectivity index (χ0v) is 33.8. The van der Waals surface area contributed by atoms with Crippen LogP contribution in [-0.4, -0.2) is 32.1 Å². The topological polar surface area (TPSA) is 137 Å². The molecule has 0 aliphatic heterocycles. The number of hydrogen-bond donors (Lipinski definition) is 2. The van der Waals surface area contributed by atoms with Crippen molar-refractivity contribution >= 4 is 33.7 Å². The maximum atomic E-state index is 11.5. The third kappa shape index (κ3) is 10.9. The predicted octanol–water partition coefficient (Wildman–Crippen LogP) is 11.1. The van der Waals surface area contributed by atoms with Crippen molar-refractivity contribution in [3.8, 4) is 23.0 Å². The highest BCUT2D eigenvalue weighted by atomic mass is 16.5. The van der Waals surface area contributed by atoms with Gasteiger partial charge >= 0.3 is 11.9 Å². The van der Waals surface area contributed by atoms with Crippen molar-refractivity contribution in [3.05, 3.63) is 202 Å². The predicted molar refractivity (Wildman–Crippen MR) is 235 cm³/mol. The number of nitrogens with zero attached hydrogens (tertiary/aromatic N) is 2. The summed E-state index contributed by atoms with van der Waals surface area (Å²) in [6.07, 6.45) is 0.628. The number of carbonyl (C=O) groups is 2. The number of carboxylic acids is 2. The molecule has 0 atom stereocenters. The first-order valence-electron chi connectivity index (χ1n) is 19.8. The largest absolute Gasteiger partial charge is 0.489 e. The van der Waals surface area contributed by atoms with Gasteiger partial charge in [-0.05, 0) is 96.3 Å². The van der Waals surface area contributed by atoms with Crippen LogP contribution in [0.15, 0.2) is 158 Å². The molecule has 0 fully saturated rings. The molecule has 0 amide bonds. The molecule has 0 saturated carbocycles. The Bertz CT molecular complexity index is 2800. The maximum Gasteiger partial charge on any atom is 0.335 e. The van der Waals surface area contributed by atoms with Gasteiger partial charge in [0.15, 0.2) is 0 Å². The number of aromatic nitrogens is 2. The van der Waals surface area contributed by atoms with E-state index in [1.54, 1.807) is 31.2 Å². The Balaban J connectivity index is 0.000000184. The summed E-state index contributed by atoms with van der Waals surface area (Å²) in [7, 11) is 0. The normalized spacial score (nSPS) is 10.7. The SMILES string of the molecule is CCc1c(COc2cccc(OCc3ccc4ccccc4n3)c2)cccc1C(=O)O.Cc1c(COc2cccc(OCc3ccc4ccccc4n3)c2)cccc1C(=O)O. The summed E-state index contributed by atoms with van der Waals surface area (Å²) < 4.78 is 23.6. The van der Waals surface area contributed by atoms with E-state index in [0.29, 0.717) is 60.4 Å². The summed E-state index contributed by atoms with van der Waals surface area (Å²) in [6.45, 7) is 5.02. The van der Waals surface area contributed by atoms with Crippen LogP contribution in [0, 0.1) is 6.92 Å². The van der Waals surface area contributed by atoms with Gasteiger partial charge in [0.05, 0.1) is 33.5 Å². The van der Waals surface area contributed by atoms with Crippen LogP contribution in [0.25, 0.3) is 21.8 Å². The Labute approximate surface area is 353 Å². The van der Waals surface area contributed by atoms with E-state index in [4.69, 9.17) is 18.9 Å². The van der Waals surface area contributed by atoms with E-state index in [-0.39, 0.29) is 12.2 Å². The number of carboxylic acid groups (broad SMARTS) is 2. The summed E-state index contributed by atoms with van der Waals surface area (Å²) in [5.41, 5.74) is 7.40. The van der Waals surface area contributed by atoms with Gasteiger partial charge in [0, 0.05) is 22.9 Å². The van der Waals surface area contributed by atoms with Gasteiger partial charge in [0.2, 0.25) is 0 Å². The highest BCUT2D eigenvalue weighted by molar-refractivity contribution is 5.90. The summed E-state index contributed by atoms with van der Waals surface area (Å²) in [4.78, 5) is 32.0. The van der Waals surface area contributed by atoms with Crippen molar-refractivity contribution < 1.29 is 38.7 Å². The van der Waals surface area contributed by atoms with Crippen molar-refractivity contribution in [1.29, 1.82) is 0 Å². The minimum atomic E-state index is -0.938. The lowest BCUT2D eigenvalue weighted by atomic mass is 9.99. The summed E-state index contributed by atoms with van der Waals surface area (Å²) >= 11 is 0. The zero-order valence-electron chi connectivity index (χ0n) is 33.8. The highest BCUT2D eigenvalue weighted by Gasteiger charge is 2.14. The second-order valence-corrected chi connectivity index (χ2v) is 14.1. The molecule has 306 valence electrons. The number of ether oxygens (including phenoxy) is 4. The van der Waals surface area contributed by atoms with Gasteiger partial charge in [-0.25, -0.2) is 19.6 Å². The second kappa shape index (κ2) is 19.8. The van der Waals surface area contributed by atoms with E-state index in [0.717, 1.165) is 49.9 Å². The molecule has 10 nitrogen and oxygen atoms in total. The fourth-order valence-electron chi connectivity index (χ4n) is 6.78. The van der Waals surface area contributed by atoms with Crippen LogP contribution < -0.4 is 18.9 Å². The molecule has 0 saturated heterocycles. The average Bonchev–Trinajstić information content (AvgIpc) is 3.29. The number of pyridine rings is 2. The van der Waals surface area contributed by atoms with Crippen molar-refractivity contribution in [2.45, 2.75) is 46.7 Å². The summed E-state index contributed by atoms with van der Waals surface area (Å²) in [6, 6.07) is 49.2. The van der Waals surface area contributed by atoms with Crippen LogP contribution in [0.1, 0.15) is 61.3 Å². The molecular weight excluding hydrogens is 769 g/mol. The molecule has 0 unspecified atom stereocenters. The van der Waals surface area contributed by atoms with E-state index in [1.165, 1.54) is 0 Å². The second-order valence-electron chi connectivity index (χ2n) is 14.1. The first kappa shape index (κ1) is 41.4. The van der Waals surface area contributed by atoms with Gasteiger partial charge in [-0.15, -0.1) is 0 Å². The minimum Gasteiger partial charge on any atom is -0.489 e. The summed E-state index contributed by atoms with van der Waals surface area (Å²) in [5.74, 6) is 0.815. The van der Waals surface area contributed by atoms with E-state index < -0.39 is 11.9 Å². The van der Waals surface area contributed by atoms with Crippen LogP contribution in [-0.2, 0) is 32.8 Å². The molecule has 0 radical (unpaired) electrons. The molecule has 0 aliphatic rings. The molecule has 8 rings (SSSR count). The Morgan fingerprint density at radius 3 is 1.39 bits per heavy atom. The minimum absolute atomic E-state index is 0.280. The van der Waals surface area contributed by atoms with E-state index >= 15 is 0 Å². The van der Waals surface area contributed by atoms with E-state index in [2.05, 4.69) is 9.97 Å². The number of benzene rings is 6. The smallest absolute Gasteiger partial charge is 0.335 e. The average molecular weight is 813 g/mol. The lowest BCUT2D eigenvalue weighted by Crippen LogP contribution is -2.07. The Morgan fingerprint density at radius 2 is 0.902 bits per heavy atom. The molecule has 0 spiro atoms. The molecule has 10 heteroatoms. The molecule has 0 bridgehead atoms. The molecule has 0 aliphatic carbocycles. The third-order valence-corrected chi connectivity index (χ3v) is 10.0. The standard InChI is InChI=1S/C26H23NO4.C25H21NO4/c1-2-23-19(8-5-11-24(23)26(28)29)16-30-21-9-6-10-22(15-21)31-17-20-14-13-18-7-3-4-12-25(18)27-20;1-17-19(7-4-10-23(17)25(27)28)15-29-21-8-5-9-22(14-21)30-16-20-13-12-18-6-2-3-11-24(18)26-20/h3-15H,2,16-17H2,1H3,(H,28,29);2-14H,15-16H2,1H3,(H,27,28). The first-order valence-corrected chi connectivity index (χ1v) is 19.8. The Morgan fingerprint density at radius 1 is 0.475 bits per heavy atom. The fourth-order valence-corrected chi connectivity index (χ4v) is 6.78. The number of rotatable bonds is 15. The third-order valence-electron chi connectivity index (χ3n) is 10.0. The molecule has 2 N–H and O–H groups in total. The van der Waals surface area contributed by atoms with Crippen LogP contribution >= 0.6 is 0 Å². The quantitative estimate of drug-likeness (QED) is 0.103. The van der Waals surface area contributed by atoms with Crippen LogP contribution in [0.4, 0.5) is 0 Å². The van der Waals surface area contributed by atoms with E-state index in [1.807, 2.05) is 140 Å². The lowest BCUT2D eigenvalue weighted by molar-refractivity contribution is 0.0684. The Kier molecular flexibility index (Phi) is 13.5. The van der Waals surface area contributed by atoms with Crippen molar-refractivity contribution in [2.75, 3.05) is 0 Å². The van der Waals surface area contributed by atoms with Crippen LogP contribution in [0.3, 0.4) is 0 Å². The first-order chi connectivity index (χ1) is 29.7. The fraction of sp³-hybridized carbons (Fsp3) is 0.137. The van der Waals surface area contributed by atoms with Crippen molar-refractivity contribution in [2.24, 2.45) is 0 Å². The summed E-state index contributed by atoms with van der Waals surface area (Å²) in [5, 5.41) is 20.8. The number of hydrogen-bond acceptors (Lipinski definition) is 8. The van der Waals surface area contributed by atoms with Gasteiger partial charge in [-0.2, -0.15) is 0 Å². The Hall–Kier alpha value is -7.72. The van der Waals surface area contributed by atoms with Gasteiger partial charge in [0.1, 0.15) is 49.4 Å². The van der Waals surface area contributed by atoms with E-state index in [9.17, 15) is 19.8 Å². The number of aromatic carboxylic acids is 2. The maximum absolute atomic E-state index is 11.5. The number of fused-ring (bicyclic) bond motifs is 2. The van der Waals surface area contributed by atoms with Crippen LogP contribution in [0.2, 0.25) is 0 Å². The molecule has 2 aromatic heterocycles. The molecule has 61 heavy (non-hydrogen) atoms. The van der Waals surface area contributed by atoms with Crippen LogP contribution in [0.5, 0.6) is 23.0 Å². The molecular formula is C51H44N2O8. The van der Waals surface area contributed by atoms with Crippen molar-refractivity contribution in [1.82, 2.24) is 9.97 Å². The van der Waals surface area contributed by atoms with Gasteiger partial charge in [-0.3, -0.25) is 0 Å². The van der Waals surface area contributed by atoms with Gasteiger partial charge in [-0.1, -0.05) is 91.9 Å². The molecule has 6 aromatic carbocycles. The lowest BCUT2D eigenvalue weighted by Gasteiger charge is -2.13. The monoisotopic (exact) mass is 812 g/mol. The van der Waals surface area contributed by atoms with Gasteiger partial charge in [0.25, 0.3) is 0 Å². The number of para-hydroxylation sites is 2. The molecule has 2 heterocycles. The zero-order chi connectivity index (χ0) is 42.6.